The van der Waals surface area contributed by atoms with Crippen molar-refractivity contribution in [3.63, 3.8) is 0 Å². The lowest BCUT2D eigenvalue weighted by Crippen LogP contribution is -2.52. The molecule has 3 N–H and O–H groups in total. The van der Waals surface area contributed by atoms with Crippen LogP contribution in [0.15, 0.2) is 12.1 Å². The van der Waals surface area contributed by atoms with Crippen LogP contribution in [-0.2, 0) is 0 Å². The smallest absolute Gasteiger partial charge is 0.407 e. The van der Waals surface area contributed by atoms with Gasteiger partial charge in [0.25, 0.3) is 0 Å². The number of nitrogens with zero attached hydrogens (tertiary/aromatic N) is 3. The summed E-state index contributed by atoms with van der Waals surface area (Å²) in [5.41, 5.74) is 6.87. The van der Waals surface area contributed by atoms with Gasteiger partial charge in [-0.15, -0.1) is 0 Å². The number of nitrogen functional groups attached to an aromatic ring is 1. The first-order valence-corrected chi connectivity index (χ1v) is 7.06. The highest BCUT2D eigenvalue weighted by molar-refractivity contribution is 6.35. The van der Waals surface area contributed by atoms with E-state index in [1.807, 2.05) is 6.07 Å². The molecule has 6 nitrogen and oxygen atoms in total. The molecule has 1 saturated heterocycles. The van der Waals surface area contributed by atoms with Crippen molar-refractivity contribution < 1.29 is 14.3 Å². The molecule has 1 fully saturated rings. The summed E-state index contributed by atoms with van der Waals surface area (Å²) < 4.78 is 14.3. The third-order valence-electron chi connectivity index (χ3n) is 3.86. The van der Waals surface area contributed by atoms with Gasteiger partial charge in [-0.25, -0.2) is 9.18 Å². The Kier molecular flexibility index (Phi) is 4.62. The van der Waals surface area contributed by atoms with E-state index >= 15 is 0 Å². The van der Waals surface area contributed by atoms with Gasteiger partial charge in [-0.1, -0.05) is 11.6 Å². The molecular weight excluding hydrogens is 311 g/mol. The topological polar surface area (TPSA) is 93.6 Å². The number of anilines is 2. The van der Waals surface area contributed by atoms with Gasteiger partial charge in [0.05, 0.1) is 40.6 Å². The largest absolute Gasteiger partial charge is 0.465 e. The van der Waals surface area contributed by atoms with E-state index in [1.165, 1.54) is 13.1 Å². The van der Waals surface area contributed by atoms with Crippen molar-refractivity contribution in [3.8, 4) is 6.07 Å². The monoisotopic (exact) mass is 326 g/mol. The molecule has 0 spiro atoms. The van der Waals surface area contributed by atoms with E-state index in [0.717, 1.165) is 4.90 Å². The molecular formula is C14H16ClFN4O2. The van der Waals surface area contributed by atoms with Crippen LogP contribution in [0.4, 0.5) is 20.6 Å². The third-order valence-corrected chi connectivity index (χ3v) is 4.27. The molecule has 1 aliphatic rings. The SMILES string of the molecule is CN(C(=O)O)[C@H]1CCN(c2cc(C#N)cc(N)c2Cl)C[C@H]1F. The number of nitriles is 1. The number of benzene rings is 1. The zero-order valence-corrected chi connectivity index (χ0v) is 12.7. The average Bonchev–Trinajstić information content (AvgIpc) is 2.49. The second kappa shape index (κ2) is 6.28. The van der Waals surface area contributed by atoms with Crippen LogP contribution < -0.4 is 10.6 Å². The number of hydrogen-bond acceptors (Lipinski definition) is 4. The molecule has 0 aliphatic carbocycles. The molecule has 1 amide bonds. The molecule has 0 bridgehead atoms. The Bertz CT molecular complexity index is 634. The fourth-order valence-corrected chi connectivity index (χ4v) is 2.84. The van der Waals surface area contributed by atoms with E-state index in [1.54, 1.807) is 11.0 Å². The number of hydrogen-bond donors (Lipinski definition) is 2. The number of rotatable bonds is 2. The Morgan fingerprint density at radius 1 is 1.64 bits per heavy atom. The summed E-state index contributed by atoms with van der Waals surface area (Å²) in [7, 11) is 1.36. The standard InChI is InChI=1S/C14H16ClFN4O2/c1-19(14(21)22)11-2-3-20(7-9(11)16)12-5-8(6-17)4-10(18)13(12)15/h4-5,9,11H,2-3,7,18H2,1H3,(H,21,22)/t9-,11+/m1/s1. The van der Waals surface area contributed by atoms with Gasteiger partial charge < -0.3 is 20.6 Å². The fourth-order valence-electron chi connectivity index (χ4n) is 2.62. The maximum absolute atomic E-state index is 14.3. The molecule has 1 heterocycles. The first kappa shape index (κ1) is 16.2. The minimum atomic E-state index is -1.35. The van der Waals surface area contributed by atoms with Crippen molar-refractivity contribution in [3.05, 3.63) is 22.7 Å². The van der Waals surface area contributed by atoms with Crippen molar-refractivity contribution in [1.82, 2.24) is 4.90 Å². The Labute approximate surface area is 132 Å². The first-order valence-electron chi connectivity index (χ1n) is 6.69. The number of nitrogens with two attached hydrogens (primary N) is 1. The van der Waals surface area contributed by atoms with Gasteiger partial charge in [0, 0.05) is 13.6 Å². The van der Waals surface area contributed by atoms with Crippen LogP contribution in [0.5, 0.6) is 0 Å². The van der Waals surface area contributed by atoms with Crippen LogP contribution in [0.1, 0.15) is 12.0 Å². The summed E-state index contributed by atoms with van der Waals surface area (Å²) in [6, 6.07) is 4.32. The lowest BCUT2D eigenvalue weighted by molar-refractivity contribution is 0.0950. The molecule has 2 rings (SSSR count). The lowest BCUT2D eigenvalue weighted by atomic mass is 10.0. The van der Waals surface area contributed by atoms with E-state index in [-0.39, 0.29) is 17.3 Å². The number of amides is 1. The molecule has 0 aromatic heterocycles. The summed E-state index contributed by atoms with van der Waals surface area (Å²) in [5.74, 6) is 0. The summed E-state index contributed by atoms with van der Waals surface area (Å²) in [5, 5.41) is 18.2. The molecule has 0 saturated carbocycles. The number of halogens is 2. The van der Waals surface area contributed by atoms with Gasteiger partial charge in [-0.2, -0.15) is 5.26 Å². The molecule has 22 heavy (non-hydrogen) atoms. The van der Waals surface area contributed by atoms with Crippen LogP contribution in [0.25, 0.3) is 0 Å². The minimum absolute atomic E-state index is 0.00364. The fraction of sp³-hybridized carbons (Fsp3) is 0.429. The minimum Gasteiger partial charge on any atom is -0.465 e. The Morgan fingerprint density at radius 2 is 2.32 bits per heavy atom. The third kappa shape index (κ3) is 3.02. The highest BCUT2D eigenvalue weighted by atomic mass is 35.5. The number of alkyl halides is 1. The number of carbonyl (C=O) groups is 1. The number of piperidine rings is 1. The second-order valence-corrected chi connectivity index (χ2v) is 5.60. The Hall–Kier alpha value is -2.20. The van der Waals surface area contributed by atoms with Crippen LogP contribution in [0.2, 0.25) is 5.02 Å². The summed E-state index contributed by atoms with van der Waals surface area (Å²) in [6.45, 7) is 0.424. The zero-order valence-electron chi connectivity index (χ0n) is 12.0. The summed E-state index contributed by atoms with van der Waals surface area (Å²) in [6.07, 6.45) is -2.18. The van der Waals surface area contributed by atoms with E-state index in [2.05, 4.69) is 0 Å². The van der Waals surface area contributed by atoms with Crippen LogP contribution in [-0.4, -0.2) is 48.5 Å². The van der Waals surface area contributed by atoms with Gasteiger partial charge >= 0.3 is 6.09 Å². The van der Waals surface area contributed by atoms with Gasteiger partial charge in [-0.05, 0) is 18.6 Å². The van der Waals surface area contributed by atoms with Crippen molar-refractivity contribution in [1.29, 1.82) is 5.26 Å². The molecule has 8 heteroatoms. The maximum Gasteiger partial charge on any atom is 0.407 e. The average molecular weight is 327 g/mol. The number of carboxylic acid groups (broad SMARTS) is 1. The Balaban J connectivity index is 2.22. The van der Waals surface area contributed by atoms with Crippen molar-refractivity contribution in [2.24, 2.45) is 0 Å². The van der Waals surface area contributed by atoms with Gasteiger partial charge in [0.15, 0.2) is 0 Å². The van der Waals surface area contributed by atoms with E-state index in [4.69, 9.17) is 27.7 Å². The molecule has 0 unspecified atom stereocenters. The van der Waals surface area contributed by atoms with Gasteiger partial charge in [-0.3, -0.25) is 0 Å². The Morgan fingerprint density at radius 3 is 2.86 bits per heavy atom. The second-order valence-electron chi connectivity index (χ2n) is 5.22. The highest BCUT2D eigenvalue weighted by Crippen LogP contribution is 2.35. The van der Waals surface area contributed by atoms with Gasteiger partial charge in [0.1, 0.15) is 6.17 Å². The predicted molar refractivity (Wildman–Crippen MR) is 81.9 cm³/mol. The quantitative estimate of drug-likeness (QED) is 0.813. The molecule has 2 atom stereocenters. The van der Waals surface area contributed by atoms with Crippen LogP contribution >= 0.6 is 11.6 Å². The molecule has 1 aromatic rings. The van der Waals surface area contributed by atoms with Crippen molar-refractivity contribution >= 4 is 29.1 Å². The van der Waals surface area contributed by atoms with E-state index in [9.17, 15) is 9.18 Å². The lowest BCUT2D eigenvalue weighted by Gasteiger charge is -2.39. The molecule has 118 valence electrons. The molecule has 0 radical (unpaired) electrons. The van der Waals surface area contributed by atoms with Gasteiger partial charge in [0.2, 0.25) is 0 Å². The van der Waals surface area contributed by atoms with Crippen molar-refractivity contribution in [2.75, 3.05) is 30.8 Å². The van der Waals surface area contributed by atoms with Crippen molar-refractivity contribution in [2.45, 2.75) is 18.6 Å². The normalized spacial score (nSPS) is 21.3. The maximum atomic E-state index is 14.3. The summed E-state index contributed by atoms with van der Waals surface area (Å²) in [4.78, 5) is 13.6. The zero-order chi connectivity index (χ0) is 16.4. The predicted octanol–water partition coefficient (Wildman–Crippen LogP) is 2.32. The van der Waals surface area contributed by atoms with Crippen LogP contribution in [0, 0.1) is 11.3 Å². The van der Waals surface area contributed by atoms with E-state index < -0.39 is 18.3 Å². The molecule has 1 aromatic carbocycles. The van der Waals surface area contributed by atoms with E-state index in [0.29, 0.717) is 24.2 Å². The first-order chi connectivity index (χ1) is 10.3. The molecule has 1 aliphatic heterocycles. The highest BCUT2D eigenvalue weighted by Gasteiger charge is 2.34. The summed E-state index contributed by atoms with van der Waals surface area (Å²) >= 11 is 6.15. The van der Waals surface area contributed by atoms with Crippen LogP contribution in [0.3, 0.4) is 0 Å².